The van der Waals surface area contributed by atoms with Gasteiger partial charge in [-0.05, 0) is 73.2 Å². The molecule has 32 heavy (non-hydrogen) atoms. The van der Waals surface area contributed by atoms with Crippen LogP contribution in [0.4, 0.5) is 11.4 Å². The van der Waals surface area contributed by atoms with E-state index in [2.05, 4.69) is 10.0 Å². The van der Waals surface area contributed by atoms with E-state index in [1.165, 1.54) is 24.3 Å². The maximum Gasteiger partial charge on any atom is 0.261 e. The van der Waals surface area contributed by atoms with Crippen LogP contribution in [0.25, 0.3) is 0 Å². The standard InChI is InChI=1S/C23H23ClN2O5S/c1-16-3-12-21(22(15-16)31-14-13-30-2)25-23(27)17-4-10-20(11-5-17)32(28,29)26-19-8-6-18(24)7-9-19/h3-12,15,26H,13-14H2,1-2H3,(H,25,27). The number of hydrogen-bond acceptors (Lipinski definition) is 5. The highest BCUT2D eigenvalue weighted by Crippen LogP contribution is 2.26. The molecule has 168 valence electrons. The molecule has 3 aromatic rings. The van der Waals surface area contributed by atoms with Gasteiger partial charge in [0.05, 0.1) is 17.2 Å². The number of benzene rings is 3. The third-order valence-electron chi connectivity index (χ3n) is 4.45. The molecule has 3 rings (SSSR count). The van der Waals surface area contributed by atoms with Crippen molar-refractivity contribution in [2.24, 2.45) is 0 Å². The summed E-state index contributed by atoms with van der Waals surface area (Å²) >= 11 is 5.83. The fourth-order valence-electron chi connectivity index (χ4n) is 2.80. The van der Waals surface area contributed by atoms with E-state index in [-0.39, 0.29) is 10.8 Å². The van der Waals surface area contributed by atoms with E-state index >= 15 is 0 Å². The first-order chi connectivity index (χ1) is 15.3. The molecule has 1 amide bonds. The molecule has 2 N–H and O–H groups in total. The molecule has 0 aliphatic carbocycles. The molecule has 0 aliphatic heterocycles. The summed E-state index contributed by atoms with van der Waals surface area (Å²) in [6.07, 6.45) is 0. The van der Waals surface area contributed by atoms with Crippen LogP contribution in [-0.4, -0.2) is 34.6 Å². The summed E-state index contributed by atoms with van der Waals surface area (Å²) in [5.74, 6) is 0.141. The van der Waals surface area contributed by atoms with Gasteiger partial charge in [0, 0.05) is 23.4 Å². The van der Waals surface area contributed by atoms with Gasteiger partial charge >= 0.3 is 0 Å². The van der Waals surface area contributed by atoms with E-state index in [1.54, 1.807) is 37.4 Å². The minimum Gasteiger partial charge on any atom is -0.489 e. The van der Waals surface area contributed by atoms with Crippen molar-refractivity contribution >= 4 is 38.9 Å². The average molecular weight is 475 g/mol. The lowest BCUT2D eigenvalue weighted by molar-refractivity contribution is 0.102. The van der Waals surface area contributed by atoms with Crippen LogP contribution in [0.5, 0.6) is 5.75 Å². The predicted molar refractivity (Wildman–Crippen MR) is 125 cm³/mol. The second-order valence-corrected chi connectivity index (χ2v) is 9.05. The van der Waals surface area contributed by atoms with Crippen molar-refractivity contribution in [2.75, 3.05) is 30.4 Å². The molecule has 0 saturated carbocycles. The van der Waals surface area contributed by atoms with Crippen molar-refractivity contribution in [1.82, 2.24) is 0 Å². The number of rotatable bonds is 9. The maximum absolute atomic E-state index is 12.7. The van der Waals surface area contributed by atoms with Gasteiger partial charge in [-0.3, -0.25) is 9.52 Å². The Hall–Kier alpha value is -3.07. The zero-order valence-electron chi connectivity index (χ0n) is 17.6. The minimum atomic E-state index is -3.81. The number of ether oxygens (including phenoxy) is 2. The molecule has 0 saturated heterocycles. The topological polar surface area (TPSA) is 93.7 Å². The Morgan fingerprint density at radius 2 is 1.66 bits per heavy atom. The van der Waals surface area contributed by atoms with E-state index < -0.39 is 10.0 Å². The summed E-state index contributed by atoms with van der Waals surface area (Å²) in [5.41, 5.74) is 2.19. The molecule has 0 atom stereocenters. The molecular weight excluding hydrogens is 452 g/mol. The average Bonchev–Trinajstić information content (AvgIpc) is 2.77. The SMILES string of the molecule is COCCOc1cc(C)ccc1NC(=O)c1ccc(S(=O)(=O)Nc2ccc(Cl)cc2)cc1. The lowest BCUT2D eigenvalue weighted by atomic mass is 10.2. The predicted octanol–water partition coefficient (Wildman–Crippen LogP) is 4.73. The molecule has 9 heteroatoms. The number of aryl methyl sites for hydroxylation is 1. The fourth-order valence-corrected chi connectivity index (χ4v) is 3.98. The summed E-state index contributed by atoms with van der Waals surface area (Å²) in [5, 5.41) is 3.31. The number of carbonyl (C=O) groups excluding carboxylic acids is 1. The molecule has 0 aliphatic rings. The number of hydrogen-bond donors (Lipinski definition) is 2. The van der Waals surface area contributed by atoms with Gasteiger partial charge in [-0.2, -0.15) is 0 Å². The highest BCUT2D eigenvalue weighted by Gasteiger charge is 2.16. The van der Waals surface area contributed by atoms with Gasteiger partial charge in [-0.1, -0.05) is 17.7 Å². The van der Waals surface area contributed by atoms with Gasteiger partial charge in [-0.25, -0.2) is 8.42 Å². The van der Waals surface area contributed by atoms with E-state index in [0.29, 0.717) is 40.9 Å². The zero-order valence-corrected chi connectivity index (χ0v) is 19.2. The Morgan fingerprint density at radius 3 is 2.31 bits per heavy atom. The van der Waals surface area contributed by atoms with E-state index in [0.717, 1.165) is 5.56 Å². The molecule has 0 bridgehead atoms. The van der Waals surface area contributed by atoms with E-state index in [4.69, 9.17) is 21.1 Å². The van der Waals surface area contributed by atoms with E-state index in [9.17, 15) is 13.2 Å². The second kappa shape index (κ2) is 10.5. The first-order valence-corrected chi connectivity index (χ1v) is 11.6. The van der Waals surface area contributed by atoms with Gasteiger partial charge < -0.3 is 14.8 Å². The summed E-state index contributed by atoms with van der Waals surface area (Å²) in [7, 11) is -2.23. The fraction of sp³-hybridized carbons (Fsp3) is 0.174. The molecule has 0 unspecified atom stereocenters. The minimum absolute atomic E-state index is 0.0305. The maximum atomic E-state index is 12.7. The van der Waals surface area contributed by atoms with Gasteiger partial charge in [0.15, 0.2) is 0 Å². The molecule has 0 radical (unpaired) electrons. The number of methoxy groups -OCH3 is 1. The highest BCUT2D eigenvalue weighted by atomic mass is 35.5. The summed E-state index contributed by atoms with van der Waals surface area (Å²) in [6, 6.07) is 17.4. The number of anilines is 2. The van der Waals surface area contributed by atoms with Crippen LogP contribution < -0.4 is 14.8 Å². The first-order valence-electron chi connectivity index (χ1n) is 9.71. The third kappa shape index (κ3) is 6.23. The van der Waals surface area contributed by atoms with Crippen LogP contribution in [0.3, 0.4) is 0 Å². The Labute approximate surface area is 192 Å². The third-order valence-corrected chi connectivity index (χ3v) is 6.10. The van der Waals surface area contributed by atoms with Gasteiger partial charge in [0.25, 0.3) is 15.9 Å². The quantitative estimate of drug-likeness (QED) is 0.437. The largest absolute Gasteiger partial charge is 0.489 e. The molecule has 3 aromatic carbocycles. The van der Waals surface area contributed by atoms with Crippen molar-refractivity contribution in [3.63, 3.8) is 0 Å². The molecule has 0 aromatic heterocycles. The van der Waals surface area contributed by atoms with E-state index in [1.807, 2.05) is 19.1 Å². The molecule has 0 heterocycles. The lowest BCUT2D eigenvalue weighted by Gasteiger charge is -2.13. The lowest BCUT2D eigenvalue weighted by Crippen LogP contribution is -2.15. The monoisotopic (exact) mass is 474 g/mol. The van der Waals surface area contributed by atoms with Crippen LogP contribution in [0.15, 0.2) is 71.6 Å². The van der Waals surface area contributed by atoms with Crippen LogP contribution in [0.1, 0.15) is 15.9 Å². The normalized spacial score (nSPS) is 11.1. The van der Waals surface area contributed by atoms with Crippen molar-refractivity contribution in [1.29, 1.82) is 0 Å². The number of sulfonamides is 1. The molecule has 0 fully saturated rings. The molecular formula is C23H23ClN2O5S. The Kier molecular flexibility index (Phi) is 7.74. The van der Waals surface area contributed by atoms with Crippen LogP contribution in [-0.2, 0) is 14.8 Å². The van der Waals surface area contributed by atoms with Crippen molar-refractivity contribution in [3.8, 4) is 5.75 Å². The zero-order chi connectivity index (χ0) is 23.1. The van der Waals surface area contributed by atoms with Crippen molar-refractivity contribution in [3.05, 3.63) is 82.9 Å². The van der Waals surface area contributed by atoms with Crippen molar-refractivity contribution < 1.29 is 22.7 Å². The van der Waals surface area contributed by atoms with Gasteiger partial charge in [0.2, 0.25) is 0 Å². The Bertz CT molecular complexity index is 1180. The highest BCUT2D eigenvalue weighted by molar-refractivity contribution is 7.92. The Morgan fingerprint density at radius 1 is 0.969 bits per heavy atom. The van der Waals surface area contributed by atoms with Crippen molar-refractivity contribution in [2.45, 2.75) is 11.8 Å². The van der Waals surface area contributed by atoms with Gasteiger partial charge in [0.1, 0.15) is 12.4 Å². The number of carbonyl (C=O) groups is 1. The number of nitrogens with one attached hydrogen (secondary N) is 2. The van der Waals surface area contributed by atoms with Crippen LogP contribution in [0, 0.1) is 6.92 Å². The van der Waals surface area contributed by atoms with Gasteiger partial charge in [-0.15, -0.1) is 0 Å². The summed E-state index contributed by atoms with van der Waals surface area (Å²) in [6.45, 7) is 2.68. The smallest absolute Gasteiger partial charge is 0.261 e. The first kappa shape index (κ1) is 23.6. The molecule has 0 spiro atoms. The molecule has 7 nitrogen and oxygen atoms in total. The Balaban J connectivity index is 1.72. The summed E-state index contributed by atoms with van der Waals surface area (Å²) in [4.78, 5) is 12.7. The second-order valence-electron chi connectivity index (χ2n) is 6.93. The van der Waals surface area contributed by atoms with Crippen LogP contribution in [0.2, 0.25) is 5.02 Å². The number of amides is 1. The summed E-state index contributed by atoms with van der Waals surface area (Å²) < 4.78 is 38.3. The number of halogens is 1. The van der Waals surface area contributed by atoms with Crippen LogP contribution >= 0.6 is 11.6 Å².